The molecule has 9 aromatic carbocycles. The van der Waals surface area contributed by atoms with E-state index in [1.54, 1.807) is 0 Å². The summed E-state index contributed by atoms with van der Waals surface area (Å²) in [5, 5.41) is 12.9. The summed E-state index contributed by atoms with van der Waals surface area (Å²) in [7, 11) is 0. The summed E-state index contributed by atoms with van der Waals surface area (Å²) in [6.45, 7) is 0. The van der Waals surface area contributed by atoms with Crippen LogP contribution in [0.2, 0.25) is 0 Å². The van der Waals surface area contributed by atoms with E-state index in [1.807, 2.05) is 54.6 Å². The second-order valence-electron chi connectivity index (χ2n) is 14.7. The minimum atomic E-state index is 0.585. The average Bonchev–Trinajstić information content (AvgIpc) is 3.97. The molecular weight excluding hydrogens is 703 g/mol. The minimum Gasteiger partial charge on any atom is -0.455 e. The van der Waals surface area contributed by atoms with Gasteiger partial charge in [-0.05, 0) is 89.0 Å². The van der Waals surface area contributed by atoms with Crippen molar-refractivity contribution in [3.05, 3.63) is 164 Å². The van der Waals surface area contributed by atoms with E-state index >= 15 is 0 Å². The quantitative estimate of drug-likeness (QED) is 0.180. The van der Waals surface area contributed by atoms with Gasteiger partial charge in [-0.15, -0.1) is 0 Å². The highest BCUT2D eigenvalue weighted by molar-refractivity contribution is 6.17. The molecule has 13 rings (SSSR count). The van der Waals surface area contributed by atoms with Gasteiger partial charge in [0.15, 0.2) is 17.5 Å². The van der Waals surface area contributed by atoms with Crippen molar-refractivity contribution in [3.63, 3.8) is 0 Å². The molecule has 0 saturated carbocycles. The molecule has 6 nitrogen and oxygen atoms in total. The number of benzene rings is 9. The number of nitrogens with zero attached hydrogens (tertiary/aromatic N) is 3. The molecule has 13 aromatic rings. The molecule has 264 valence electrons. The van der Waals surface area contributed by atoms with Gasteiger partial charge in [0.25, 0.3) is 0 Å². The van der Waals surface area contributed by atoms with Gasteiger partial charge in [-0.3, -0.25) is 0 Å². The fourth-order valence-corrected chi connectivity index (χ4v) is 8.71. The molecular formula is C51H27N3O3. The van der Waals surface area contributed by atoms with Crippen LogP contribution in [-0.2, 0) is 0 Å². The predicted molar refractivity (Wildman–Crippen MR) is 230 cm³/mol. The van der Waals surface area contributed by atoms with Gasteiger partial charge in [-0.1, -0.05) is 91.0 Å². The van der Waals surface area contributed by atoms with Crippen molar-refractivity contribution in [1.82, 2.24) is 15.0 Å². The van der Waals surface area contributed by atoms with Gasteiger partial charge in [-0.2, -0.15) is 0 Å². The highest BCUT2D eigenvalue weighted by atomic mass is 16.3. The van der Waals surface area contributed by atoms with Crippen molar-refractivity contribution >= 4 is 98.1 Å². The highest BCUT2D eigenvalue weighted by Gasteiger charge is 2.18. The summed E-state index contributed by atoms with van der Waals surface area (Å²) >= 11 is 0. The van der Waals surface area contributed by atoms with Crippen LogP contribution in [-0.4, -0.2) is 15.0 Å². The van der Waals surface area contributed by atoms with Crippen LogP contribution in [0.4, 0.5) is 0 Å². The van der Waals surface area contributed by atoms with E-state index in [-0.39, 0.29) is 0 Å². The van der Waals surface area contributed by atoms with Gasteiger partial charge in [0.1, 0.15) is 33.5 Å². The van der Waals surface area contributed by atoms with Crippen molar-refractivity contribution in [3.8, 4) is 34.2 Å². The molecule has 0 aliphatic rings. The topological polar surface area (TPSA) is 78.1 Å². The minimum absolute atomic E-state index is 0.585. The molecule has 0 saturated heterocycles. The molecule has 0 amide bonds. The molecule has 0 radical (unpaired) electrons. The van der Waals surface area contributed by atoms with Crippen LogP contribution in [0.5, 0.6) is 0 Å². The predicted octanol–water partition coefficient (Wildman–Crippen LogP) is 14.0. The lowest BCUT2D eigenvalue weighted by molar-refractivity contribution is 0.672. The van der Waals surface area contributed by atoms with E-state index < -0.39 is 0 Å². The third-order valence-electron chi connectivity index (χ3n) is 11.5. The number of para-hydroxylation sites is 3. The van der Waals surface area contributed by atoms with Gasteiger partial charge < -0.3 is 13.3 Å². The number of aromatic nitrogens is 3. The summed E-state index contributed by atoms with van der Waals surface area (Å²) in [4.78, 5) is 15.5. The molecule has 0 atom stereocenters. The van der Waals surface area contributed by atoms with E-state index in [4.69, 9.17) is 28.2 Å². The first-order valence-corrected chi connectivity index (χ1v) is 19.0. The Hall–Kier alpha value is -7.83. The number of hydrogen-bond acceptors (Lipinski definition) is 6. The van der Waals surface area contributed by atoms with Crippen molar-refractivity contribution < 1.29 is 13.3 Å². The summed E-state index contributed by atoms with van der Waals surface area (Å²) in [5.41, 5.74) is 7.92. The second-order valence-corrected chi connectivity index (χ2v) is 14.7. The van der Waals surface area contributed by atoms with E-state index in [0.29, 0.717) is 17.5 Å². The summed E-state index contributed by atoms with van der Waals surface area (Å²) < 4.78 is 19.1. The third kappa shape index (κ3) is 4.49. The monoisotopic (exact) mass is 729 g/mol. The van der Waals surface area contributed by atoms with Crippen LogP contribution in [0.3, 0.4) is 0 Å². The molecule has 0 N–H and O–H groups in total. The largest absolute Gasteiger partial charge is 0.455 e. The van der Waals surface area contributed by atoms with Crippen molar-refractivity contribution in [2.45, 2.75) is 0 Å². The highest BCUT2D eigenvalue weighted by Crippen LogP contribution is 2.39. The van der Waals surface area contributed by atoms with Crippen LogP contribution in [0, 0.1) is 0 Å². The Morgan fingerprint density at radius 3 is 0.895 bits per heavy atom. The molecule has 57 heavy (non-hydrogen) atoms. The fraction of sp³-hybridized carbons (Fsp3) is 0. The summed E-state index contributed by atoms with van der Waals surface area (Å²) in [6, 6.07) is 56.4. The van der Waals surface area contributed by atoms with Gasteiger partial charge in [0.2, 0.25) is 0 Å². The summed E-state index contributed by atoms with van der Waals surface area (Å²) in [6.07, 6.45) is 0. The van der Waals surface area contributed by atoms with Crippen LogP contribution >= 0.6 is 0 Å². The molecule has 0 bridgehead atoms. The normalized spacial score (nSPS) is 12.2. The molecule has 0 aliphatic heterocycles. The fourth-order valence-electron chi connectivity index (χ4n) is 8.71. The van der Waals surface area contributed by atoms with Crippen molar-refractivity contribution in [2.24, 2.45) is 0 Å². The van der Waals surface area contributed by atoms with Gasteiger partial charge in [0, 0.05) is 65.2 Å². The number of hydrogen-bond donors (Lipinski definition) is 0. The molecule has 6 heteroatoms. The maximum absolute atomic E-state index is 6.37. The van der Waals surface area contributed by atoms with Crippen LogP contribution in [0.15, 0.2) is 177 Å². The standard InChI is InChI=1S/C51H27N3O3/c1-4-10-43-37(7-1)40-22-13-28-25-31(16-19-34(28)46(40)55-43)49-52-50(32-17-20-35-29(26-32)14-23-41-38-8-2-5-11-44(38)56-47(35)41)54-51(53-49)33-18-21-36-30(27-33)15-24-42-39-9-3-6-12-45(39)57-48(36)42/h1-27H. The molecule has 0 unspecified atom stereocenters. The molecule has 4 heterocycles. The molecule has 0 aliphatic carbocycles. The molecule has 4 aromatic heterocycles. The Kier molecular flexibility index (Phi) is 6.07. The van der Waals surface area contributed by atoms with Crippen molar-refractivity contribution in [2.75, 3.05) is 0 Å². The molecule has 0 spiro atoms. The maximum Gasteiger partial charge on any atom is 0.164 e. The second kappa shape index (κ2) is 11.4. The van der Waals surface area contributed by atoms with Crippen LogP contribution < -0.4 is 0 Å². The summed E-state index contributed by atoms with van der Waals surface area (Å²) in [5.74, 6) is 1.76. The lowest BCUT2D eigenvalue weighted by atomic mass is 10.0. The van der Waals surface area contributed by atoms with Crippen molar-refractivity contribution in [1.29, 1.82) is 0 Å². The first-order chi connectivity index (χ1) is 28.2. The lowest BCUT2D eigenvalue weighted by Crippen LogP contribution is -2.00. The van der Waals surface area contributed by atoms with E-state index in [9.17, 15) is 0 Å². The zero-order valence-electron chi connectivity index (χ0n) is 30.2. The molecule has 0 fully saturated rings. The van der Waals surface area contributed by atoms with Crippen LogP contribution in [0.1, 0.15) is 0 Å². The van der Waals surface area contributed by atoms with E-state index in [1.165, 1.54) is 0 Å². The van der Waals surface area contributed by atoms with Crippen LogP contribution in [0.25, 0.3) is 132 Å². The Morgan fingerprint density at radius 1 is 0.263 bits per heavy atom. The lowest BCUT2D eigenvalue weighted by Gasteiger charge is -2.11. The Labute approximate surface area is 323 Å². The number of fused-ring (bicyclic) bond motifs is 15. The Bertz CT molecular complexity index is 3420. The van der Waals surface area contributed by atoms with E-state index in [0.717, 1.165) is 115 Å². The Balaban J connectivity index is 0.997. The average molecular weight is 730 g/mol. The van der Waals surface area contributed by atoms with Gasteiger partial charge in [-0.25, -0.2) is 15.0 Å². The third-order valence-corrected chi connectivity index (χ3v) is 11.5. The first kappa shape index (κ1) is 30.5. The smallest absolute Gasteiger partial charge is 0.164 e. The zero-order chi connectivity index (χ0) is 37.2. The maximum atomic E-state index is 6.37. The van der Waals surface area contributed by atoms with Gasteiger partial charge >= 0.3 is 0 Å². The number of furan rings is 3. The first-order valence-electron chi connectivity index (χ1n) is 19.0. The SMILES string of the molecule is c1ccc2c(c1)oc1c3ccc(-c4nc(-c5ccc6c(ccc7c8ccccc8oc67)c5)nc(-c5ccc6c(ccc7c8ccccc8oc67)c5)n4)cc3ccc21. The zero-order valence-corrected chi connectivity index (χ0v) is 30.2. The van der Waals surface area contributed by atoms with Gasteiger partial charge in [0.05, 0.1) is 0 Å². The Morgan fingerprint density at radius 2 is 0.561 bits per heavy atom. The number of rotatable bonds is 3. The van der Waals surface area contributed by atoms with E-state index in [2.05, 4.69) is 109 Å².